The second-order valence-electron chi connectivity index (χ2n) is 5.59. The number of carbonyl (C=O) groups is 2. The first-order valence-corrected chi connectivity index (χ1v) is 7.27. The molecule has 0 saturated carbocycles. The van der Waals surface area contributed by atoms with Crippen molar-refractivity contribution in [1.82, 2.24) is 15.1 Å². The van der Waals surface area contributed by atoms with Gasteiger partial charge in [0.05, 0.1) is 18.0 Å². The van der Waals surface area contributed by atoms with Crippen molar-refractivity contribution in [1.29, 1.82) is 0 Å². The van der Waals surface area contributed by atoms with Gasteiger partial charge in [-0.15, -0.1) is 0 Å². The maximum absolute atomic E-state index is 12.3. The molecule has 2 N–H and O–H groups in total. The maximum Gasteiger partial charge on any atom is 0.331 e. The Bertz CT molecular complexity index is 730. The van der Waals surface area contributed by atoms with E-state index in [1.54, 1.807) is 28.9 Å². The molecule has 1 saturated heterocycles. The first kappa shape index (κ1) is 15.2. The van der Waals surface area contributed by atoms with Crippen LogP contribution >= 0.6 is 0 Å². The number of nitrogens with one attached hydrogen (secondary N) is 1. The zero-order valence-corrected chi connectivity index (χ0v) is 12.7. The van der Waals surface area contributed by atoms with Gasteiger partial charge in [-0.25, -0.2) is 9.48 Å². The number of aliphatic carboxylic acids is 1. The number of hydrogen-bond donors (Lipinski definition) is 2. The fourth-order valence-corrected chi connectivity index (χ4v) is 2.50. The predicted octanol–water partition coefficient (Wildman–Crippen LogP) is 1.15. The van der Waals surface area contributed by atoms with E-state index in [9.17, 15) is 14.7 Å². The molecule has 0 bridgehead atoms. The molecule has 23 heavy (non-hydrogen) atoms. The summed E-state index contributed by atoms with van der Waals surface area (Å²) < 4.78 is 6.84. The van der Waals surface area contributed by atoms with E-state index in [0.717, 1.165) is 11.4 Å². The van der Waals surface area contributed by atoms with Crippen LogP contribution in [0.3, 0.4) is 0 Å². The highest BCUT2D eigenvalue weighted by Gasteiger charge is 2.44. The normalized spacial score (nSPS) is 20.4. The maximum atomic E-state index is 12.3. The van der Waals surface area contributed by atoms with Gasteiger partial charge in [-0.05, 0) is 37.3 Å². The fraction of sp³-hybridized carbons (Fsp3) is 0.312. The summed E-state index contributed by atoms with van der Waals surface area (Å²) in [6.07, 6.45) is 2.10. The van der Waals surface area contributed by atoms with E-state index in [1.165, 1.54) is 0 Å². The molecule has 1 fully saturated rings. The van der Waals surface area contributed by atoms with Crippen molar-refractivity contribution in [2.24, 2.45) is 0 Å². The van der Waals surface area contributed by atoms with Gasteiger partial charge in [0.15, 0.2) is 5.54 Å². The lowest BCUT2D eigenvalue weighted by Gasteiger charge is -2.23. The highest BCUT2D eigenvalue weighted by atomic mass is 16.5. The predicted molar refractivity (Wildman–Crippen MR) is 81.6 cm³/mol. The second kappa shape index (κ2) is 5.85. The Kier molecular flexibility index (Phi) is 3.87. The zero-order chi connectivity index (χ0) is 16.4. The van der Waals surface area contributed by atoms with Crippen molar-refractivity contribution in [3.63, 3.8) is 0 Å². The van der Waals surface area contributed by atoms with E-state index in [4.69, 9.17) is 4.74 Å². The van der Waals surface area contributed by atoms with E-state index in [1.807, 2.05) is 19.2 Å². The fourth-order valence-electron chi connectivity index (χ4n) is 2.50. The number of benzene rings is 1. The number of carboxylic acids is 1. The number of rotatable bonds is 4. The monoisotopic (exact) mass is 315 g/mol. The van der Waals surface area contributed by atoms with Gasteiger partial charge in [0.1, 0.15) is 0 Å². The molecule has 7 heteroatoms. The molecule has 1 amide bonds. The molecule has 0 spiro atoms. The third-order valence-corrected chi connectivity index (χ3v) is 3.90. The molecular weight excluding hydrogens is 298 g/mol. The standard InChI is InChI=1S/C16H17N3O4/c1-11-6-8-19(18-11)13-4-2-12(3-5-13)14(20)17-16(15(21)22)7-9-23-10-16/h2-6,8H,7,9-10H2,1H3,(H,17,20)(H,21,22). The Labute approximate surface area is 132 Å². The van der Waals surface area contributed by atoms with Crippen molar-refractivity contribution in [3.8, 4) is 5.69 Å². The zero-order valence-electron chi connectivity index (χ0n) is 12.7. The van der Waals surface area contributed by atoms with Crippen LogP contribution < -0.4 is 5.32 Å². The van der Waals surface area contributed by atoms with E-state index in [2.05, 4.69) is 10.4 Å². The van der Waals surface area contributed by atoms with E-state index >= 15 is 0 Å². The van der Waals surface area contributed by atoms with Crippen LogP contribution in [0.15, 0.2) is 36.5 Å². The average Bonchev–Trinajstić information content (AvgIpc) is 3.17. The lowest BCUT2D eigenvalue weighted by atomic mass is 9.98. The van der Waals surface area contributed by atoms with Crippen LogP contribution in [-0.2, 0) is 9.53 Å². The van der Waals surface area contributed by atoms with Crippen LogP contribution in [0.2, 0.25) is 0 Å². The number of carbonyl (C=O) groups excluding carboxylic acids is 1. The van der Waals surface area contributed by atoms with Crippen LogP contribution in [0, 0.1) is 6.92 Å². The lowest BCUT2D eigenvalue weighted by molar-refractivity contribution is -0.144. The number of aromatic nitrogens is 2. The van der Waals surface area contributed by atoms with Gasteiger partial charge in [-0.3, -0.25) is 4.79 Å². The third-order valence-electron chi connectivity index (χ3n) is 3.90. The summed E-state index contributed by atoms with van der Waals surface area (Å²) >= 11 is 0. The van der Waals surface area contributed by atoms with Crippen molar-refractivity contribution in [2.75, 3.05) is 13.2 Å². The van der Waals surface area contributed by atoms with E-state index in [0.29, 0.717) is 12.2 Å². The average molecular weight is 315 g/mol. The Morgan fingerprint density at radius 1 is 1.30 bits per heavy atom. The Morgan fingerprint density at radius 2 is 2.04 bits per heavy atom. The highest BCUT2D eigenvalue weighted by Crippen LogP contribution is 2.20. The molecular formula is C16H17N3O4. The van der Waals surface area contributed by atoms with E-state index in [-0.39, 0.29) is 13.0 Å². The molecule has 1 unspecified atom stereocenters. The molecule has 1 atom stereocenters. The molecule has 1 aliphatic rings. The van der Waals surface area contributed by atoms with Crippen molar-refractivity contribution >= 4 is 11.9 Å². The highest BCUT2D eigenvalue weighted by molar-refractivity contribution is 5.98. The van der Waals surface area contributed by atoms with Crippen LogP contribution in [0.5, 0.6) is 0 Å². The van der Waals surface area contributed by atoms with Gasteiger partial charge in [0.2, 0.25) is 0 Å². The molecule has 120 valence electrons. The summed E-state index contributed by atoms with van der Waals surface area (Å²) in [6, 6.07) is 8.71. The SMILES string of the molecule is Cc1ccn(-c2ccc(C(=O)NC3(C(=O)O)CCOC3)cc2)n1. The number of aryl methyl sites for hydroxylation is 1. The van der Waals surface area contributed by atoms with Crippen molar-refractivity contribution in [3.05, 3.63) is 47.8 Å². The second-order valence-corrected chi connectivity index (χ2v) is 5.59. The lowest BCUT2D eigenvalue weighted by Crippen LogP contribution is -2.55. The molecule has 1 aromatic heterocycles. The first-order valence-electron chi connectivity index (χ1n) is 7.27. The van der Waals surface area contributed by atoms with Gasteiger partial charge in [-0.2, -0.15) is 5.10 Å². The van der Waals surface area contributed by atoms with Gasteiger partial charge >= 0.3 is 5.97 Å². The molecule has 2 heterocycles. The minimum atomic E-state index is -1.34. The number of hydrogen-bond acceptors (Lipinski definition) is 4. The number of amides is 1. The molecule has 1 aliphatic heterocycles. The summed E-state index contributed by atoms with van der Waals surface area (Å²) in [5, 5.41) is 16.2. The molecule has 7 nitrogen and oxygen atoms in total. The molecule has 3 rings (SSSR count). The topological polar surface area (TPSA) is 93.5 Å². The van der Waals surface area contributed by atoms with Crippen molar-refractivity contribution in [2.45, 2.75) is 18.9 Å². The Balaban J connectivity index is 1.76. The van der Waals surface area contributed by atoms with Gasteiger partial charge in [0, 0.05) is 24.8 Å². The molecule has 0 aliphatic carbocycles. The van der Waals surface area contributed by atoms with Crippen LogP contribution in [0.1, 0.15) is 22.5 Å². The Morgan fingerprint density at radius 3 is 2.57 bits per heavy atom. The summed E-state index contributed by atoms with van der Waals surface area (Å²) in [6.45, 7) is 2.20. The minimum absolute atomic E-state index is 0.0152. The van der Waals surface area contributed by atoms with Gasteiger partial charge in [0.25, 0.3) is 5.91 Å². The van der Waals surface area contributed by atoms with E-state index < -0.39 is 17.4 Å². The third kappa shape index (κ3) is 2.95. The van der Waals surface area contributed by atoms with Crippen molar-refractivity contribution < 1.29 is 19.4 Å². The summed E-state index contributed by atoms with van der Waals surface area (Å²) in [5.74, 6) is -1.51. The van der Waals surface area contributed by atoms with Crippen LogP contribution in [0.4, 0.5) is 0 Å². The number of ether oxygens (including phenoxy) is 1. The largest absolute Gasteiger partial charge is 0.479 e. The summed E-state index contributed by atoms with van der Waals surface area (Å²) in [5.41, 5.74) is 0.780. The minimum Gasteiger partial charge on any atom is -0.479 e. The Hall–Kier alpha value is -2.67. The number of nitrogens with zero attached hydrogens (tertiary/aromatic N) is 2. The van der Waals surface area contributed by atoms with Gasteiger partial charge < -0.3 is 15.2 Å². The summed E-state index contributed by atoms with van der Waals surface area (Å²) in [7, 11) is 0. The summed E-state index contributed by atoms with van der Waals surface area (Å²) in [4.78, 5) is 23.7. The van der Waals surface area contributed by atoms with Crippen LogP contribution in [0.25, 0.3) is 5.69 Å². The molecule has 0 radical (unpaired) electrons. The smallest absolute Gasteiger partial charge is 0.331 e. The van der Waals surface area contributed by atoms with Gasteiger partial charge in [-0.1, -0.05) is 0 Å². The van der Waals surface area contributed by atoms with Crippen LogP contribution in [-0.4, -0.2) is 45.5 Å². The quantitative estimate of drug-likeness (QED) is 0.883. The first-order chi connectivity index (χ1) is 11.0. The molecule has 2 aromatic rings. The molecule has 1 aromatic carbocycles. The number of carboxylic acid groups (broad SMARTS) is 1.